The lowest BCUT2D eigenvalue weighted by molar-refractivity contribution is 0.0792. The third kappa shape index (κ3) is 3.66. The molecule has 146 valence electrons. The predicted molar refractivity (Wildman–Crippen MR) is 104 cm³/mol. The minimum absolute atomic E-state index is 0.0451. The van der Waals surface area contributed by atoms with Crippen molar-refractivity contribution in [3.63, 3.8) is 0 Å². The van der Waals surface area contributed by atoms with Crippen LogP contribution in [0.3, 0.4) is 0 Å². The maximum Gasteiger partial charge on any atom is 0.330 e. The number of H-pyrrole nitrogens is 1. The fourth-order valence-electron chi connectivity index (χ4n) is 3.43. The van der Waals surface area contributed by atoms with E-state index in [-0.39, 0.29) is 40.4 Å². The Balaban J connectivity index is 2.30. The molecule has 1 fully saturated rings. The highest BCUT2D eigenvalue weighted by atomic mass is 16.2. The van der Waals surface area contributed by atoms with Crippen molar-refractivity contribution in [2.45, 2.75) is 52.6 Å². The fourth-order valence-corrected chi connectivity index (χ4v) is 3.43. The van der Waals surface area contributed by atoms with Gasteiger partial charge < -0.3 is 10.6 Å². The molecule has 0 bridgehead atoms. The van der Waals surface area contributed by atoms with E-state index in [4.69, 9.17) is 5.73 Å². The first-order chi connectivity index (χ1) is 12.7. The number of carbonyl (C=O) groups is 1. The number of nitrogens with two attached hydrogens (primary N) is 1. The van der Waals surface area contributed by atoms with Crippen molar-refractivity contribution in [3.8, 4) is 0 Å². The second-order valence-corrected chi connectivity index (χ2v) is 8.01. The normalized spacial score (nSPS) is 17.4. The molecule has 3 rings (SSSR count). The Labute approximate surface area is 157 Å². The van der Waals surface area contributed by atoms with Crippen molar-refractivity contribution in [2.24, 2.45) is 11.7 Å². The van der Waals surface area contributed by atoms with E-state index in [1.807, 2.05) is 27.7 Å². The maximum atomic E-state index is 13.2. The molecule has 8 heteroatoms. The quantitative estimate of drug-likeness (QED) is 0.831. The fraction of sp³-hybridized carbons (Fsp3) is 0.579. The first-order valence-electron chi connectivity index (χ1n) is 9.41. The molecule has 1 atom stereocenters. The zero-order valence-electron chi connectivity index (χ0n) is 16.3. The number of fused-ring (bicyclic) bond motifs is 1. The lowest BCUT2D eigenvalue weighted by Crippen LogP contribution is -2.36. The van der Waals surface area contributed by atoms with Crippen LogP contribution in [0, 0.1) is 5.92 Å². The first kappa shape index (κ1) is 19.3. The average molecular weight is 373 g/mol. The summed E-state index contributed by atoms with van der Waals surface area (Å²) in [5, 5.41) is 0.171. The first-order valence-corrected chi connectivity index (χ1v) is 9.41. The van der Waals surface area contributed by atoms with E-state index < -0.39 is 11.2 Å². The largest absolute Gasteiger partial charge is 0.337 e. The molecular formula is C19H27N5O3. The highest BCUT2D eigenvalue weighted by molar-refractivity contribution is 6.05. The van der Waals surface area contributed by atoms with E-state index >= 15 is 0 Å². The number of amides is 1. The van der Waals surface area contributed by atoms with Crippen molar-refractivity contribution in [3.05, 3.63) is 38.2 Å². The molecule has 8 nitrogen and oxygen atoms in total. The summed E-state index contributed by atoms with van der Waals surface area (Å²) in [4.78, 5) is 46.8. The lowest BCUT2D eigenvalue weighted by atomic mass is 10.0. The smallest absolute Gasteiger partial charge is 0.330 e. The molecule has 3 N–H and O–H groups in total. The van der Waals surface area contributed by atoms with E-state index in [9.17, 15) is 14.4 Å². The third-order valence-electron chi connectivity index (χ3n) is 4.85. The molecule has 1 saturated heterocycles. The Morgan fingerprint density at radius 1 is 1.33 bits per heavy atom. The molecule has 1 aliphatic rings. The maximum absolute atomic E-state index is 13.2. The molecule has 0 aromatic carbocycles. The summed E-state index contributed by atoms with van der Waals surface area (Å²) in [6, 6.07) is 1.63. The number of nitrogens with zero attached hydrogens (tertiary/aromatic N) is 3. The summed E-state index contributed by atoms with van der Waals surface area (Å²) in [6.07, 6.45) is 0.736. The van der Waals surface area contributed by atoms with Crippen LogP contribution in [0.15, 0.2) is 15.7 Å². The molecule has 1 aliphatic heterocycles. The van der Waals surface area contributed by atoms with E-state index in [0.717, 1.165) is 6.42 Å². The van der Waals surface area contributed by atoms with Crippen molar-refractivity contribution < 1.29 is 4.79 Å². The second-order valence-electron chi connectivity index (χ2n) is 8.01. The zero-order chi connectivity index (χ0) is 19.9. The van der Waals surface area contributed by atoms with Crippen LogP contribution >= 0.6 is 0 Å². The van der Waals surface area contributed by atoms with Crippen molar-refractivity contribution in [1.82, 2.24) is 19.4 Å². The van der Waals surface area contributed by atoms with Crippen LogP contribution < -0.4 is 17.0 Å². The van der Waals surface area contributed by atoms with Gasteiger partial charge in [-0.25, -0.2) is 9.78 Å². The highest BCUT2D eigenvalue weighted by Gasteiger charge is 2.28. The van der Waals surface area contributed by atoms with E-state index in [1.165, 1.54) is 4.57 Å². The molecule has 2 aromatic heterocycles. The molecule has 0 radical (unpaired) electrons. The van der Waals surface area contributed by atoms with Gasteiger partial charge >= 0.3 is 5.69 Å². The van der Waals surface area contributed by atoms with E-state index in [1.54, 1.807) is 11.0 Å². The summed E-state index contributed by atoms with van der Waals surface area (Å²) < 4.78 is 1.46. The molecule has 0 spiro atoms. The third-order valence-corrected chi connectivity index (χ3v) is 4.85. The number of pyridine rings is 1. The van der Waals surface area contributed by atoms with Crippen LogP contribution in [0.1, 0.15) is 56.1 Å². The Kier molecular flexibility index (Phi) is 5.19. The number of aromatic amines is 1. The summed E-state index contributed by atoms with van der Waals surface area (Å²) in [5.74, 6) is -0.0155. The van der Waals surface area contributed by atoms with Gasteiger partial charge in [0.05, 0.1) is 10.9 Å². The molecule has 2 aromatic rings. The van der Waals surface area contributed by atoms with E-state index in [2.05, 4.69) is 9.97 Å². The Hall–Kier alpha value is -2.48. The van der Waals surface area contributed by atoms with Crippen LogP contribution in [0.4, 0.5) is 0 Å². The standard InChI is InChI=1S/C19H27N5O3/c1-10(2)8-24-16-15(17(25)22-19(24)27)13(7-14(21-16)11(3)4)18(26)23-6-5-12(20)9-23/h7,10-12H,5-6,8-9,20H2,1-4H3,(H,22,25,27)/t12-/m1/s1. The SMILES string of the molecule is CC(C)Cn1c(=O)[nH]c(=O)c2c(C(=O)N3CC[C@@H](N)C3)cc(C(C)C)nc21. The molecule has 0 aliphatic carbocycles. The topological polar surface area (TPSA) is 114 Å². The van der Waals surface area contributed by atoms with Gasteiger partial charge in [-0.3, -0.25) is 19.1 Å². The van der Waals surface area contributed by atoms with Gasteiger partial charge in [-0.2, -0.15) is 0 Å². The van der Waals surface area contributed by atoms with Gasteiger partial charge in [0.2, 0.25) is 0 Å². The summed E-state index contributed by atoms with van der Waals surface area (Å²) in [5.41, 5.74) is 6.10. The minimum Gasteiger partial charge on any atom is -0.337 e. The Bertz CT molecular complexity index is 989. The minimum atomic E-state index is -0.579. The van der Waals surface area contributed by atoms with Gasteiger partial charge in [0, 0.05) is 31.4 Å². The Morgan fingerprint density at radius 3 is 2.59 bits per heavy atom. The number of hydrogen-bond donors (Lipinski definition) is 2. The molecule has 27 heavy (non-hydrogen) atoms. The van der Waals surface area contributed by atoms with Gasteiger partial charge in [0.25, 0.3) is 11.5 Å². The van der Waals surface area contributed by atoms with Crippen LogP contribution in [-0.2, 0) is 6.54 Å². The average Bonchev–Trinajstić information content (AvgIpc) is 3.02. The van der Waals surface area contributed by atoms with Crippen LogP contribution in [0.25, 0.3) is 11.0 Å². The van der Waals surface area contributed by atoms with Gasteiger partial charge in [-0.15, -0.1) is 0 Å². The number of likely N-dealkylation sites (tertiary alicyclic amines) is 1. The zero-order valence-corrected chi connectivity index (χ0v) is 16.3. The molecule has 0 saturated carbocycles. The number of aromatic nitrogens is 3. The van der Waals surface area contributed by atoms with Crippen molar-refractivity contribution >= 4 is 16.9 Å². The van der Waals surface area contributed by atoms with E-state index in [0.29, 0.717) is 25.3 Å². The van der Waals surface area contributed by atoms with Crippen molar-refractivity contribution in [2.75, 3.05) is 13.1 Å². The van der Waals surface area contributed by atoms with Crippen LogP contribution in [0.2, 0.25) is 0 Å². The molecule has 1 amide bonds. The summed E-state index contributed by atoms with van der Waals surface area (Å²) in [6.45, 7) is 9.32. The number of hydrogen-bond acceptors (Lipinski definition) is 5. The highest BCUT2D eigenvalue weighted by Crippen LogP contribution is 2.22. The summed E-state index contributed by atoms with van der Waals surface area (Å²) >= 11 is 0. The molecule has 3 heterocycles. The summed E-state index contributed by atoms with van der Waals surface area (Å²) in [7, 11) is 0. The number of nitrogens with one attached hydrogen (secondary N) is 1. The van der Waals surface area contributed by atoms with Gasteiger partial charge in [0.15, 0.2) is 5.65 Å². The van der Waals surface area contributed by atoms with Crippen molar-refractivity contribution in [1.29, 1.82) is 0 Å². The van der Waals surface area contributed by atoms with Gasteiger partial charge in [-0.1, -0.05) is 27.7 Å². The molecule has 0 unspecified atom stereocenters. The predicted octanol–water partition coefficient (Wildman–Crippen LogP) is 1.04. The number of carbonyl (C=O) groups excluding carboxylic acids is 1. The van der Waals surface area contributed by atoms with Crippen LogP contribution in [0.5, 0.6) is 0 Å². The molecular weight excluding hydrogens is 346 g/mol. The lowest BCUT2D eigenvalue weighted by Gasteiger charge is -2.19. The van der Waals surface area contributed by atoms with Gasteiger partial charge in [0.1, 0.15) is 0 Å². The monoisotopic (exact) mass is 373 g/mol. The number of rotatable bonds is 4. The second kappa shape index (κ2) is 7.26. The van der Waals surface area contributed by atoms with Crippen LogP contribution in [-0.4, -0.2) is 44.5 Å². The van der Waals surface area contributed by atoms with Gasteiger partial charge in [-0.05, 0) is 24.3 Å². The Morgan fingerprint density at radius 2 is 2.04 bits per heavy atom.